The molecule has 3 fully saturated rings. The third-order valence-electron chi connectivity index (χ3n) is 8.85. The fourth-order valence-electron chi connectivity index (χ4n) is 5.89. The Morgan fingerprint density at radius 3 is 2.26 bits per heavy atom. The molecule has 1 saturated heterocycles. The predicted octanol–water partition coefficient (Wildman–Crippen LogP) is 2.15. The average Bonchev–Trinajstić information content (AvgIpc) is 3.87. The van der Waals surface area contributed by atoms with Crippen molar-refractivity contribution < 1.29 is 37.4 Å². The van der Waals surface area contributed by atoms with Crippen molar-refractivity contribution >= 4 is 39.5 Å². The number of carbonyl (C=O) groups is 4. The number of carbonyl (C=O) groups excluding carboxylic acids is 4. The number of sulfonamides is 1. The molecule has 2 saturated carbocycles. The average molecular weight is 676 g/mol. The lowest BCUT2D eigenvalue weighted by Crippen LogP contribution is -2.60. The maximum atomic E-state index is 14.4. The highest BCUT2D eigenvalue weighted by Gasteiger charge is 2.62. The molecular formula is C33H49N5O8S. The molecule has 260 valence electrons. The van der Waals surface area contributed by atoms with Gasteiger partial charge in [0, 0.05) is 32.1 Å². The molecule has 0 radical (unpaired) electrons. The fraction of sp³-hybridized carbons (Fsp3) is 0.636. The molecule has 47 heavy (non-hydrogen) atoms. The Labute approximate surface area is 277 Å². The smallest absolute Gasteiger partial charge is 0.408 e. The summed E-state index contributed by atoms with van der Waals surface area (Å²) in [5, 5.41) is 16.8. The minimum Gasteiger partial charge on any atom is -0.444 e. The van der Waals surface area contributed by atoms with Crippen LogP contribution in [0.5, 0.6) is 0 Å². The number of amides is 4. The summed E-state index contributed by atoms with van der Waals surface area (Å²) in [5.74, 6) is -2.79. The number of alkyl carbamates (subject to hydrolysis) is 1. The van der Waals surface area contributed by atoms with E-state index in [1.807, 2.05) is 25.1 Å². The number of anilines is 1. The van der Waals surface area contributed by atoms with E-state index in [1.54, 1.807) is 59.7 Å². The molecule has 13 nitrogen and oxygen atoms in total. The Hall–Kier alpha value is -3.65. The molecule has 5 atom stereocenters. The topological polar surface area (TPSA) is 174 Å². The number of benzene rings is 1. The molecule has 1 aromatic rings. The van der Waals surface area contributed by atoms with E-state index in [2.05, 4.69) is 21.9 Å². The highest BCUT2D eigenvalue weighted by molar-refractivity contribution is 7.91. The van der Waals surface area contributed by atoms with Gasteiger partial charge in [0.2, 0.25) is 21.8 Å². The van der Waals surface area contributed by atoms with Crippen molar-refractivity contribution in [3.05, 3.63) is 42.5 Å². The number of ether oxygens (including phenoxy) is 1. The van der Waals surface area contributed by atoms with Crippen molar-refractivity contribution in [2.24, 2.45) is 11.3 Å². The standard InChI is InChI=1S/C33H49N5O8S/c1-10-20-17-33(20,28(41)36-47(44,45)23-14-15-23)35-26(39)24-18-32(43,21-12-11-13-22(16-21)37(8)9)19-38(24)27(40)25(30(2,3)4)34-29(42)46-31(5,6)7/h10-13,16,20,23-25,43H,1,14-15,17-19H2,2-9H3,(H,34,42)(H,35,39)(H,36,41)/t20-,24+,25-,32+,33-/m1/s1. The first-order valence-electron chi connectivity index (χ1n) is 15.8. The van der Waals surface area contributed by atoms with Gasteiger partial charge >= 0.3 is 6.09 Å². The summed E-state index contributed by atoms with van der Waals surface area (Å²) in [6.07, 6.45) is 1.46. The van der Waals surface area contributed by atoms with Crippen LogP contribution in [0.1, 0.15) is 72.8 Å². The molecule has 4 amide bonds. The Kier molecular flexibility index (Phi) is 9.56. The van der Waals surface area contributed by atoms with Gasteiger partial charge in [0.1, 0.15) is 28.8 Å². The van der Waals surface area contributed by atoms with E-state index in [0.717, 1.165) is 5.69 Å². The third kappa shape index (κ3) is 7.91. The Bertz CT molecular complexity index is 1540. The van der Waals surface area contributed by atoms with Gasteiger partial charge in [0.05, 0.1) is 11.8 Å². The van der Waals surface area contributed by atoms with Gasteiger partial charge in [-0.25, -0.2) is 13.2 Å². The summed E-state index contributed by atoms with van der Waals surface area (Å²) in [5.41, 5.74) is -3.67. The highest BCUT2D eigenvalue weighted by atomic mass is 32.2. The first-order chi connectivity index (χ1) is 21.5. The Morgan fingerprint density at radius 1 is 1.11 bits per heavy atom. The molecule has 1 aromatic carbocycles. The van der Waals surface area contributed by atoms with Crippen molar-refractivity contribution in [1.82, 2.24) is 20.3 Å². The zero-order chi connectivity index (χ0) is 35.3. The van der Waals surface area contributed by atoms with Crippen molar-refractivity contribution in [2.75, 3.05) is 25.5 Å². The molecular weight excluding hydrogens is 626 g/mol. The van der Waals surface area contributed by atoms with Crippen molar-refractivity contribution in [3.63, 3.8) is 0 Å². The van der Waals surface area contributed by atoms with Crippen LogP contribution < -0.4 is 20.3 Å². The third-order valence-corrected chi connectivity index (χ3v) is 10.7. The van der Waals surface area contributed by atoms with Crippen LogP contribution in [0, 0.1) is 11.3 Å². The monoisotopic (exact) mass is 675 g/mol. The van der Waals surface area contributed by atoms with Gasteiger partial charge in [-0.05, 0) is 63.1 Å². The Morgan fingerprint density at radius 2 is 1.74 bits per heavy atom. The van der Waals surface area contributed by atoms with Crippen LogP contribution in [0.4, 0.5) is 10.5 Å². The second kappa shape index (κ2) is 12.4. The molecule has 0 aromatic heterocycles. The summed E-state index contributed by atoms with van der Waals surface area (Å²) in [6, 6.07) is 4.67. The second-order valence-corrected chi connectivity index (χ2v) is 17.3. The van der Waals surface area contributed by atoms with Crippen LogP contribution in [0.2, 0.25) is 0 Å². The van der Waals surface area contributed by atoms with Crippen LogP contribution in [0.25, 0.3) is 0 Å². The number of hydrogen-bond donors (Lipinski definition) is 4. The molecule has 1 heterocycles. The van der Waals surface area contributed by atoms with E-state index in [9.17, 15) is 32.7 Å². The van der Waals surface area contributed by atoms with Gasteiger partial charge in [-0.1, -0.05) is 39.0 Å². The van der Waals surface area contributed by atoms with Gasteiger partial charge in [-0.15, -0.1) is 6.58 Å². The van der Waals surface area contributed by atoms with Crippen LogP contribution >= 0.6 is 0 Å². The van der Waals surface area contributed by atoms with Gasteiger partial charge in [-0.3, -0.25) is 19.1 Å². The number of β-amino-alcohol motifs (C(OH)–C–C–N with tert-alkyl or cyclic N) is 1. The van der Waals surface area contributed by atoms with Gasteiger partial charge in [0.15, 0.2) is 0 Å². The SMILES string of the molecule is C=C[C@@H]1C[C@]1(NC(=O)[C@@H]1C[C@@](O)(c2cccc(N(C)C)c2)CN1C(=O)[C@@H](NC(=O)OC(C)(C)C)C(C)(C)C)C(=O)NS(=O)(=O)C1CC1. The fourth-order valence-corrected chi connectivity index (χ4v) is 7.26. The van der Waals surface area contributed by atoms with Gasteiger partial charge in [-0.2, -0.15) is 0 Å². The van der Waals surface area contributed by atoms with E-state index < -0.39 is 79.2 Å². The lowest BCUT2D eigenvalue weighted by Gasteiger charge is -2.36. The van der Waals surface area contributed by atoms with Gasteiger partial charge < -0.3 is 30.3 Å². The number of nitrogens with zero attached hydrogens (tertiary/aromatic N) is 2. The molecule has 14 heteroatoms. The number of likely N-dealkylation sites (tertiary alicyclic amines) is 1. The number of aliphatic hydroxyl groups is 1. The first kappa shape index (κ1) is 36.2. The van der Waals surface area contributed by atoms with E-state index in [1.165, 1.54) is 11.0 Å². The Balaban J connectivity index is 1.69. The molecule has 0 unspecified atom stereocenters. The second-order valence-electron chi connectivity index (χ2n) is 15.3. The lowest BCUT2D eigenvalue weighted by atomic mass is 9.85. The van der Waals surface area contributed by atoms with E-state index >= 15 is 0 Å². The van der Waals surface area contributed by atoms with Gasteiger partial charge in [0.25, 0.3) is 5.91 Å². The molecule has 4 N–H and O–H groups in total. The minimum absolute atomic E-state index is 0.120. The van der Waals surface area contributed by atoms with Crippen molar-refractivity contribution in [3.8, 4) is 0 Å². The van der Waals surface area contributed by atoms with Crippen LogP contribution in [0.15, 0.2) is 36.9 Å². The first-order valence-corrected chi connectivity index (χ1v) is 17.4. The normalized spacial score (nSPS) is 26.5. The van der Waals surface area contributed by atoms with Crippen molar-refractivity contribution in [1.29, 1.82) is 0 Å². The summed E-state index contributed by atoms with van der Waals surface area (Å²) in [6.45, 7) is 13.8. The molecule has 2 aliphatic carbocycles. The summed E-state index contributed by atoms with van der Waals surface area (Å²) in [7, 11) is -0.210. The van der Waals surface area contributed by atoms with Crippen LogP contribution in [0.3, 0.4) is 0 Å². The summed E-state index contributed by atoms with van der Waals surface area (Å²) in [4.78, 5) is 57.9. The number of nitrogens with one attached hydrogen (secondary N) is 3. The number of rotatable bonds is 10. The summed E-state index contributed by atoms with van der Waals surface area (Å²) < 4.78 is 32.8. The molecule has 1 aliphatic heterocycles. The van der Waals surface area contributed by atoms with E-state index in [-0.39, 0.29) is 19.4 Å². The zero-order valence-corrected chi connectivity index (χ0v) is 29.4. The zero-order valence-electron chi connectivity index (χ0n) is 28.5. The lowest BCUT2D eigenvalue weighted by molar-refractivity contribution is -0.143. The predicted molar refractivity (Wildman–Crippen MR) is 177 cm³/mol. The summed E-state index contributed by atoms with van der Waals surface area (Å²) >= 11 is 0. The maximum absolute atomic E-state index is 14.4. The van der Waals surface area contributed by atoms with E-state index in [4.69, 9.17) is 4.74 Å². The molecule has 0 bridgehead atoms. The molecule has 3 aliphatic rings. The largest absolute Gasteiger partial charge is 0.444 e. The van der Waals surface area contributed by atoms with Crippen LogP contribution in [-0.4, -0.2) is 91.4 Å². The molecule has 0 spiro atoms. The van der Waals surface area contributed by atoms with E-state index in [0.29, 0.717) is 18.4 Å². The minimum atomic E-state index is -3.90. The van der Waals surface area contributed by atoms with Crippen LogP contribution in [-0.2, 0) is 34.7 Å². The van der Waals surface area contributed by atoms with Crippen molar-refractivity contribution in [2.45, 2.75) is 101 Å². The highest BCUT2D eigenvalue weighted by Crippen LogP contribution is 2.46. The quantitative estimate of drug-likeness (QED) is 0.271. The molecule has 4 rings (SSSR count). The number of hydrogen-bond acceptors (Lipinski definition) is 9. The maximum Gasteiger partial charge on any atom is 0.408 e.